The molecule has 0 spiro atoms. The smallest absolute Gasteiger partial charge is 0.211 e. The molecule has 0 aliphatic carbocycles. The van der Waals surface area contributed by atoms with Gasteiger partial charge >= 0.3 is 0 Å². The van der Waals surface area contributed by atoms with Gasteiger partial charge in [-0.3, -0.25) is 0 Å². The van der Waals surface area contributed by atoms with E-state index in [1.54, 1.807) is 6.21 Å². The van der Waals surface area contributed by atoms with Crippen LogP contribution in [0.5, 0.6) is 0 Å². The molecule has 0 aliphatic rings. The lowest BCUT2D eigenvalue weighted by Crippen LogP contribution is -2.20. The Kier molecular flexibility index (Phi) is 5.96. The van der Waals surface area contributed by atoms with Crippen molar-refractivity contribution in [2.24, 2.45) is 0 Å². The highest BCUT2D eigenvalue weighted by molar-refractivity contribution is 5.75. The molecule has 0 aliphatic heterocycles. The Balaban J connectivity index is 1.74. The summed E-state index contributed by atoms with van der Waals surface area (Å²) in [5, 5.41) is 12.7. The summed E-state index contributed by atoms with van der Waals surface area (Å²) in [6.45, 7) is 0.815. The van der Waals surface area contributed by atoms with Gasteiger partial charge in [0, 0.05) is 11.1 Å². The first-order valence-electron chi connectivity index (χ1n) is 8.35. The largest absolute Gasteiger partial charge is 0.623 e. The quantitative estimate of drug-likeness (QED) is 0.275. The van der Waals surface area contributed by atoms with Gasteiger partial charge in [-0.2, -0.15) is 0 Å². The Morgan fingerprint density at radius 1 is 0.800 bits per heavy atom. The monoisotopic (exact) mass is 331 g/mol. The normalized spacial score (nSPS) is 12.7. The molecule has 0 unspecified atom stereocenters. The first kappa shape index (κ1) is 16.9. The molecule has 0 aromatic heterocycles. The summed E-state index contributed by atoms with van der Waals surface area (Å²) in [4.78, 5) is 0. The van der Waals surface area contributed by atoms with Crippen LogP contribution in [-0.4, -0.2) is 17.6 Å². The number of benzene rings is 3. The highest BCUT2D eigenvalue weighted by Crippen LogP contribution is 2.18. The topological polar surface area (TPSA) is 35.3 Å². The molecule has 0 fully saturated rings. The number of hydrogen-bond donors (Lipinski definition) is 0. The molecule has 3 nitrogen and oxygen atoms in total. The van der Waals surface area contributed by atoms with Gasteiger partial charge in [-0.1, -0.05) is 78.9 Å². The van der Waals surface area contributed by atoms with E-state index in [0.29, 0.717) is 13.2 Å². The summed E-state index contributed by atoms with van der Waals surface area (Å²) < 4.78 is 6.82. The predicted octanol–water partition coefficient (Wildman–Crippen LogP) is 4.57. The molecule has 25 heavy (non-hydrogen) atoms. The number of hydroxylamine groups is 1. The van der Waals surface area contributed by atoms with Crippen LogP contribution >= 0.6 is 0 Å². The van der Waals surface area contributed by atoms with Crippen LogP contribution in [0.15, 0.2) is 91.0 Å². The van der Waals surface area contributed by atoms with Crippen molar-refractivity contribution in [1.29, 1.82) is 0 Å². The highest BCUT2D eigenvalue weighted by atomic mass is 16.5. The van der Waals surface area contributed by atoms with Crippen LogP contribution in [0.25, 0.3) is 0 Å². The highest BCUT2D eigenvalue weighted by Gasteiger charge is 2.19. The molecule has 0 saturated carbocycles. The van der Waals surface area contributed by atoms with E-state index in [0.717, 1.165) is 21.4 Å². The zero-order valence-electron chi connectivity index (χ0n) is 14.0. The van der Waals surface area contributed by atoms with Crippen molar-refractivity contribution in [3.8, 4) is 0 Å². The second-order valence-corrected chi connectivity index (χ2v) is 5.83. The fraction of sp³-hybridized carbons (Fsp3) is 0.136. The fourth-order valence-corrected chi connectivity index (χ4v) is 2.63. The Morgan fingerprint density at radius 3 is 2.00 bits per heavy atom. The maximum Gasteiger partial charge on any atom is 0.211 e. The molecule has 0 radical (unpaired) electrons. The third-order valence-corrected chi connectivity index (χ3v) is 3.95. The van der Waals surface area contributed by atoms with Gasteiger partial charge in [-0.25, -0.2) is 4.74 Å². The number of ether oxygens (including phenoxy) is 1. The molecule has 3 heteroatoms. The maximum absolute atomic E-state index is 12.7. The van der Waals surface area contributed by atoms with Crippen LogP contribution in [0.2, 0.25) is 0 Å². The molecule has 0 saturated heterocycles. The van der Waals surface area contributed by atoms with Gasteiger partial charge in [0.25, 0.3) is 0 Å². The predicted molar refractivity (Wildman–Crippen MR) is 101 cm³/mol. The summed E-state index contributed by atoms with van der Waals surface area (Å²) in [6.07, 6.45) is 1.61. The first-order chi connectivity index (χ1) is 12.3. The zero-order chi connectivity index (χ0) is 17.3. The third kappa shape index (κ3) is 5.03. The van der Waals surface area contributed by atoms with Gasteiger partial charge in [-0.05, 0) is 17.7 Å². The summed E-state index contributed by atoms with van der Waals surface area (Å²) in [5.41, 5.74) is 2.91. The molecular formula is C22H21NO2. The van der Waals surface area contributed by atoms with Gasteiger partial charge in [-0.15, -0.1) is 0 Å². The van der Waals surface area contributed by atoms with Crippen molar-refractivity contribution in [3.63, 3.8) is 0 Å². The molecule has 3 rings (SSSR count). The third-order valence-electron chi connectivity index (χ3n) is 3.95. The second-order valence-electron chi connectivity index (χ2n) is 5.83. The SMILES string of the molecule is [O-]/[N+](=C\c1ccccc1)[C@H](COCc1ccccc1)c1ccccc1. The lowest BCUT2D eigenvalue weighted by atomic mass is 10.1. The minimum Gasteiger partial charge on any atom is -0.623 e. The van der Waals surface area contributed by atoms with Crippen LogP contribution in [0.3, 0.4) is 0 Å². The minimum atomic E-state index is -0.384. The van der Waals surface area contributed by atoms with Crippen molar-refractivity contribution < 1.29 is 9.48 Å². The minimum absolute atomic E-state index is 0.325. The molecule has 0 heterocycles. The molecule has 126 valence electrons. The summed E-state index contributed by atoms with van der Waals surface area (Å²) in [5.74, 6) is 0. The lowest BCUT2D eigenvalue weighted by molar-refractivity contribution is -0.508. The van der Waals surface area contributed by atoms with Crippen LogP contribution in [-0.2, 0) is 11.3 Å². The van der Waals surface area contributed by atoms with Crippen molar-refractivity contribution in [1.82, 2.24) is 0 Å². The summed E-state index contributed by atoms with van der Waals surface area (Å²) in [7, 11) is 0. The van der Waals surface area contributed by atoms with Crippen molar-refractivity contribution in [3.05, 3.63) is 113 Å². The molecule has 1 atom stereocenters. The maximum atomic E-state index is 12.7. The van der Waals surface area contributed by atoms with E-state index in [1.165, 1.54) is 0 Å². The van der Waals surface area contributed by atoms with Crippen molar-refractivity contribution in [2.75, 3.05) is 6.61 Å². The van der Waals surface area contributed by atoms with Crippen LogP contribution in [0, 0.1) is 5.21 Å². The number of nitrogens with zero attached hydrogens (tertiary/aromatic N) is 1. The average Bonchev–Trinajstić information content (AvgIpc) is 2.67. The fourth-order valence-electron chi connectivity index (χ4n) is 2.63. The summed E-state index contributed by atoms with van der Waals surface area (Å²) in [6, 6.07) is 28.9. The van der Waals surface area contributed by atoms with Gasteiger partial charge in [0.2, 0.25) is 6.04 Å². The summed E-state index contributed by atoms with van der Waals surface area (Å²) >= 11 is 0. The molecule has 3 aromatic carbocycles. The Bertz CT molecular complexity index is 786. The molecule has 0 N–H and O–H groups in total. The van der Waals surface area contributed by atoms with Gasteiger partial charge in [0.1, 0.15) is 6.61 Å². The van der Waals surface area contributed by atoms with Crippen LogP contribution in [0.4, 0.5) is 0 Å². The van der Waals surface area contributed by atoms with Crippen molar-refractivity contribution in [2.45, 2.75) is 12.6 Å². The van der Waals surface area contributed by atoms with Crippen LogP contribution < -0.4 is 0 Å². The molecule has 3 aromatic rings. The first-order valence-corrected chi connectivity index (χ1v) is 8.35. The number of hydrogen-bond acceptors (Lipinski definition) is 2. The lowest BCUT2D eigenvalue weighted by Gasteiger charge is -2.18. The Morgan fingerprint density at radius 2 is 1.36 bits per heavy atom. The Hall–Kier alpha value is -2.91. The Labute approximate surface area is 148 Å². The zero-order valence-corrected chi connectivity index (χ0v) is 14.0. The average molecular weight is 331 g/mol. The van der Waals surface area contributed by atoms with Gasteiger partial charge in [0.05, 0.1) is 6.61 Å². The van der Waals surface area contributed by atoms with Crippen molar-refractivity contribution >= 4 is 6.21 Å². The van der Waals surface area contributed by atoms with E-state index >= 15 is 0 Å². The van der Waals surface area contributed by atoms with E-state index in [9.17, 15) is 5.21 Å². The number of rotatable bonds is 7. The second kappa shape index (κ2) is 8.81. The molecule has 0 amide bonds. The van der Waals surface area contributed by atoms with E-state index < -0.39 is 0 Å². The van der Waals surface area contributed by atoms with E-state index in [2.05, 4.69) is 0 Å². The van der Waals surface area contributed by atoms with Gasteiger partial charge < -0.3 is 9.94 Å². The van der Waals surface area contributed by atoms with E-state index in [-0.39, 0.29) is 6.04 Å². The standard InChI is InChI=1S/C22H21NO2/c24-23(16-19-10-4-1-5-11-19)22(21-14-8-3-9-15-21)18-25-17-20-12-6-2-7-13-20/h1-16,22H,17-18H2/b23-16-/t22-/m1/s1. The van der Waals surface area contributed by atoms with E-state index in [1.807, 2.05) is 91.0 Å². The van der Waals surface area contributed by atoms with E-state index in [4.69, 9.17) is 4.74 Å². The van der Waals surface area contributed by atoms with Crippen LogP contribution in [0.1, 0.15) is 22.7 Å². The molecular weight excluding hydrogens is 310 g/mol. The molecule has 0 bridgehead atoms. The van der Waals surface area contributed by atoms with Gasteiger partial charge in [0.15, 0.2) is 6.21 Å².